The van der Waals surface area contributed by atoms with E-state index in [1.165, 1.54) is 44.9 Å². The Labute approximate surface area is 112 Å². The maximum Gasteiger partial charge on any atom is 0.191 e. The number of nitrogens with zero attached hydrogens (tertiary/aromatic N) is 1. The summed E-state index contributed by atoms with van der Waals surface area (Å²) in [6.45, 7) is 5.83. The summed E-state index contributed by atoms with van der Waals surface area (Å²) in [7, 11) is 1.87. The fraction of sp³-hybridized carbons (Fsp3) is 0.933. The molecule has 0 aromatic carbocycles. The van der Waals surface area contributed by atoms with Crippen LogP contribution in [0.2, 0.25) is 0 Å². The summed E-state index contributed by atoms with van der Waals surface area (Å²) in [6.07, 6.45) is 9.37. The minimum Gasteiger partial charge on any atom is -0.356 e. The van der Waals surface area contributed by atoms with Crippen molar-refractivity contribution in [3.8, 4) is 0 Å². The number of guanidine groups is 1. The van der Waals surface area contributed by atoms with E-state index in [0.29, 0.717) is 11.5 Å². The van der Waals surface area contributed by atoms with Gasteiger partial charge in [0.1, 0.15) is 0 Å². The maximum absolute atomic E-state index is 4.33. The third-order valence-corrected chi connectivity index (χ3v) is 4.45. The van der Waals surface area contributed by atoms with Crippen molar-refractivity contribution in [2.24, 2.45) is 16.3 Å². The zero-order chi connectivity index (χ0) is 13.0. The molecule has 2 aliphatic carbocycles. The summed E-state index contributed by atoms with van der Waals surface area (Å²) in [4.78, 5) is 4.33. The van der Waals surface area contributed by atoms with Crippen LogP contribution in [0.1, 0.15) is 58.8 Å². The Hall–Kier alpha value is -0.730. The Kier molecular flexibility index (Phi) is 4.52. The maximum atomic E-state index is 4.33. The van der Waals surface area contributed by atoms with E-state index >= 15 is 0 Å². The summed E-state index contributed by atoms with van der Waals surface area (Å²) in [5.74, 6) is 1.99. The van der Waals surface area contributed by atoms with Crippen molar-refractivity contribution < 1.29 is 0 Å². The molecule has 0 aromatic rings. The van der Waals surface area contributed by atoms with Gasteiger partial charge in [0.05, 0.1) is 0 Å². The van der Waals surface area contributed by atoms with E-state index in [1.807, 2.05) is 7.05 Å². The largest absolute Gasteiger partial charge is 0.356 e. The number of aliphatic imine (C=N–C) groups is 1. The number of nitrogens with one attached hydrogen (secondary N) is 2. The topological polar surface area (TPSA) is 36.4 Å². The zero-order valence-corrected chi connectivity index (χ0v) is 12.3. The number of rotatable bonds is 4. The molecule has 0 amide bonds. The first-order valence-electron chi connectivity index (χ1n) is 7.56. The van der Waals surface area contributed by atoms with Gasteiger partial charge < -0.3 is 10.6 Å². The van der Waals surface area contributed by atoms with Crippen LogP contribution in [0.4, 0.5) is 0 Å². The highest BCUT2D eigenvalue weighted by Crippen LogP contribution is 2.35. The van der Waals surface area contributed by atoms with Crippen LogP contribution in [0.5, 0.6) is 0 Å². The molecule has 0 unspecified atom stereocenters. The first-order chi connectivity index (χ1) is 8.59. The molecule has 0 aliphatic heterocycles. The van der Waals surface area contributed by atoms with Crippen LogP contribution in [0.3, 0.4) is 0 Å². The first kappa shape index (κ1) is 13.7. The Morgan fingerprint density at radius 3 is 2.39 bits per heavy atom. The Morgan fingerprint density at radius 1 is 1.17 bits per heavy atom. The number of hydrogen-bond acceptors (Lipinski definition) is 1. The van der Waals surface area contributed by atoms with Crippen LogP contribution in [-0.2, 0) is 0 Å². The van der Waals surface area contributed by atoms with Gasteiger partial charge in [-0.15, -0.1) is 0 Å². The fourth-order valence-electron chi connectivity index (χ4n) is 2.73. The second-order valence-electron chi connectivity index (χ2n) is 6.81. The molecule has 0 saturated heterocycles. The van der Waals surface area contributed by atoms with Crippen LogP contribution in [-0.4, -0.2) is 25.6 Å². The highest BCUT2D eigenvalue weighted by molar-refractivity contribution is 5.79. The molecule has 0 radical (unpaired) electrons. The molecular weight excluding hydrogens is 222 g/mol. The van der Waals surface area contributed by atoms with Gasteiger partial charge in [-0.05, 0) is 43.4 Å². The Bertz CT molecular complexity index is 282. The number of hydrogen-bond donors (Lipinski definition) is 2. The van der Waals surface area contributed by atoms with E-state index in [9.17, 15) is 0 Å². The SMILES string of the molecule is CN=C(NCCC1CC1)NC1CCC(C)(C)CC1. The molecule has 0 heterocycles. The Morgan fingerprint density at radius 2 is 1.83 bits per heavy atom. The lowest BCUT2D eigenvalue weighted by Crippen LogP contribution is -2.45. The second-order valence-corrected chi connectivity index (χ2v) is 6.81. The van der Waals surface area contributed by atoms with Crippen molar-refractivity contribution >= 4 is 5.96 Å². The summed E-state index contributed by atoms with van der Waals surface area (Å²) in [5.41, 5.74) is 0.543. The lowest BCUT2D eigenvalue weighted by Gasteiger charge is -2.35. The monoisotopic (exact) mass is 251 g/mol. The average molecular weight is 251 g/mol. The predicted molar refractivity (Wildman–Crippen MR) is 77.9 cm³/mol. The lowest BCUT2D eigenvalue weighted by atomic mass is 9.75. The molecule has 3 heteroatoms. The highest BCUT2D eigenvalue weighted by atomic mass is 15.2. The molecular formula is C15H29N3. The summed E-state index contributed by atoms with van der Waals surface area (Å²) < 4.78 is 0. The molecule has 0 aromatic heterocycles. The van der Waals surface area contributed by atoms with Gasteiger partial charge in [0.15, 0.2) is 5.96 Å². The molecule has 0 spiro atoms. The standard InChI is InChI=1S/C15H29N3/c1-15(2)9-6-13(7-10-15)18-14(16-3)17-11-8-12-4-5-12/h12-13H,4-11H2,1-3H3,(H2,16,17,18). The Balaban J connectivity index is 1.66. The van der Waals surface area contributed by atoms with Crippen LogP contribution >= 0.6 is 0 Å². The van der Waals surface area contributed by atoms with Crippen LogP contribution < -0.4 is 10.6 Å². The molecule has 2 saturated carbocycles. The van der Waals surface area contributed by atoms with Crippen molar-refractivity contribution in [1.82, 2.24) is 10.6 Å². The van der Waals surface area contributed by atoms with Crippen molar-refractivity contribution in [1.29, 1.82) is 0 Å². The van der Waals surface area contributed by atoms with Crippen LogP contribution in [0.15, 0.2) is 4.99 Å². The lowest BCUT2D eigenvalue weighted by molar-refractivity contribution is 0.216. The van der Waals surface area contributed by atoms with Gasteiger partial charge in [-0.2, -0.15) is 0 Å². The zero-order valence-electron chi connectivity index (χ0n) is 12.3. The molecule has 104 valence electrons. The molecule has 2 rings (SSSR count). The van der Waals surface area contributed by atoms with Gasteiger partial charge in [-0.3, -0.25) is 4.99 Å². The molecule has 3 nitrogen and oxygen atoms in total. The quantitative estimate of drug-likeness (QED) is 0.595. The van der Waals surface area contributed by atoms with E-state index in [2.05, 4.69) is 29.5 Å². The van der Waals surface area contributed by atoms with E-state index in [0.717, 1.165) is 18.4 Å². The van der Waals surface area contributed by atoms with Gasteiger partial charge in [0, 0.05) is 19.6 Å². The summed E-state index contributed by atoms with van der Waals surface area (Å²) >= 11 is 0. The molecule has 0 bridgehead atoms. The molecule has 18 heavy (non-hydrogen) atoms. The van der Waals surface area contributed by atoms with Crippen molar-refractivity contribution in [2.45, 2.75) is 64.8 Å². The molecule has 2 N–H and O–H groups in total. The highest BCUT2D eigenvalue weighted by Gasteiger charge is 2.27. The molecule has 2 aliphatic rings. The first-order valence-corrected chi connectivity index (χ1v) is 7.56. The third-order valence-electron chi connectivity index (χ3n) is 4.45. The normalized spacial score (nSPS) is 24.9. The van der Waals surface area contributed by atoms with E-state index in [1.54, 1.807) is 0 Å². The van der Waals surface area contributed by atoms with Gasteiger partial charge in [0.2, 0.25) is 0 Å². The third kappa shape index (κ3) is 4.51. The van der Waals surface area contributed by atoms with Crippen LogP contribution in [0.25, 0.3) is 0 Å². The van der Waals surface area contributed by atoms with E-state index < -0.39 is 0 Å². The average Bonchev–Trinajstić information content (AvgIpc) is 3.14. The summed E-state index contributed by atoms with van der Waals surface area (Å²) in [6, 6.07) is 0.616. The van der Waals surface area contributed by atoms with E-state index in [4.69, 9.17) is 0 Å². The van der Waals surface area contributed by atoms with Gasteiger partial charge in [-0.1, -0.05) is 26.7 Å². The van der Waals surface area contributed by atoms with Crippen molar-refractivity contribution in [3.05, 3.63) is 0 Å². The predicted octanol–water partition coefficient (Wildman–Crippen LogP) is 2.92. The van der Waals surface area contributed by atoms with Crippen molar-refractivity contribution in [3.63, 3.8) is 0 Å². The summed E-state index contributed by atoms with van der Waals surface area (Å²) in [5, 5.41) is 7.02. The minimum absolute atomic E-state index is 0.543. The van der Waals surface area contributed by atoms with Gasteiger partial charge in [0.25, 0.3) is 0 Å². The van der Waals surface area contributed by atoms with Gasteiger partial charge >= 0.3 is 0 Å². The smallest absolute Gasteiger partial charge is 0.191 e. The molecule has 0 atom stereocenters. The van der Waals surface area contributed by atoms with E-state index in [-0.39, 0.29) is 0 Å². The molecule has 2 fully saturated rings. The fourth-order valence-corrected chi connectivity index (χ4v) is 2.73. The second kappa shape index (κ2) is 5.94. The van der Waals surface area contributed by atoms with Crippen LogP contribution in [0, 0.1) is 11.3 Å². The van der Waals surface area contributed by atoms with Gasteiger partial charge in [-0.25, -0.2) is 0 Å². The minimum atomic E-state index is 0.543. The van der Waals surface area contributed by atoms with Crippen molar-refractivity contribution in [2.75, 3.05) is 13.6 Å².